The molecule has 1 aliphatic rings. The molecule has 2 aromatic carbocycles. The molecule has 3 aromatic rings. The number of para-hydroxylation sites is 1. The van der Waals surface area contributed by atoms with Crippen LogP contribution in [0.4, 0.5) is 5.69 Å². The number of hydrogen-bond donors (Lipinski definition) is 0. The van der Waals surface area contributed by atoms with Crippen molar-refractivity contribution in [2.75, 3.05) is 11.4 Å². The summed E-state index contributed by atoms with van der Waals surface area (Å²) in [5, 5.41) is 0. The van der Waals surface area contributed by atoms with E-state index in [0.29, 0.717) is 17.2 Å². The number of anilines is 1. The van der Waals surface area contributed by atoms with Crippen molar-refractivity contribution in [3.63, 3.8) is 0 Å². The van der Waals surface area contributed by atoms with Crippen LogP contribution in [0.2, 0.25) is 0 Å². The van der Waals surface area contributed by atoms with Crippen molar-refractivity contribution in [2.24, 2.45) is 0 Å². The highest BCUT2D eigenvalue weighted by Gasteiger charge is 2.34. The molecule has 0 fully saturated rings. The van der Waals surface area contributed by atoms with Crippen LogP contribution in [0, 0.1) is 0 Å². The summed E-state index contributed by atoms with van der Waals surface area (Å²) in [5.74, 6) is 0.513. The molecular weight excluding hydrogens is 310 g/mol. The van der Waals surface area contributed by atoms with Crippen LogP contribution >= 0.6 is 0 Å². The molecule has 0 bridgehead atoms. The van der Waals surface area contributed by atoms with Gasteiger partial charge in [-0.3, -0.25) is 4.31 Å². The minimum Gasteiger partial charge on any atom is -0.269 e. The fraction of sp³-hybridized carbons (Fsp3) is 0.0588. The van der Waals surface area contributed by atoms with E-state index >= 15 is 0 Å². The predicted molar refractivity (Wildman–Crippen MR) is 88.5 cm³/mol. The molecule has 5 nitrogen and oxygen atoms in total. The minimum absolute atomic E-state index is 0.137. The molecule has 0 atom stereocenters. The summed E-state index contributed by atoms with van der Waals surface area (Å²) in [7, 11) is -2.08. The van der Waals surface area contributed by atoms with Gasteiger partial charge in [0.1, 0.15) is 4.90 Å². The maximum atomic E-state index is 12.7. The van der Waals surface area contributed by atoms with Gasteiger partial charge in [0.05, 0.1) is 17.6 Å². The van der Waals surface area contributed by atoms with Gasteiger partial charge < -0.3 is 0 Å². The minimum atomic E-state index is -3.62. The van der Waals surface area contributed by atoms with Crippen LogP contribution in [0.25, 0.3) is 22.6 Å². The van der Waals surface area contributed by atoms with Crippen LogP contribution < -0.4 is 4.31 Å². The fourth-order valence-corrected chi connectivity index (χ4v) is 4.00. The first-order valence-corrected chi connectivity index (χ1v) is 8.54. The molecule has 0 N–H and O–H groups in total. The van der Waals surface area contributed by atoms with E-state index in [1.54, 1.807) is 13.1 Å². The van der Waals surface area contributed by atoms with Gasteiger partial charge in [-0.2, -0.15) is 0 Å². The quantitative estimate of drug-likeness (QED) is 0.691. The Kier molecular flexibility index (Phi) is 2.96. The number of hydrogen-bond acceptors (Lipinski definition) is 4. The molecule has 0 unspecified atom stereocenters. The van der Waals surface area contributed by atoms with E-state index in [1.165, 1.54) is 10.5 Å². The number of benzene rings is 2. The topological polar surface area (TPSA) is 63.2 Å². The first-order valence-electron chi connectivity index (χ1n) is 7.10. The highest BCUT2D eigenvalue weighted by molar-refractivity contribution is 7.93. The van der Waals surface area contributed by atoms with Gasteiger partial charge in [0.2, 0.25) is 0 Å². The van der Waals surface area contributed by atoms with Crippen molar-refractivity contribution >= 4 is 15.7 Å². The summed E-state index contributed by atoms with van der Waals surface area (Å²) >= 11 is 0. The molecule has 0 aliphatic carbocycles. The molecule has 0 saturated carbocycles. The standard InChI is InChI=1S/C17H13N3O2S/c1-20-14-10-6-5-9-13(14)16-15(23(20,21)22)11-18-17(19-16)12-7-3-2-4-8-12/h2-11H,1H3. The summed E-state index contributed by atoms with van der Waals surface area (Å²) in [6, 6.07) is 16.9. The van der Waals surface area contributed by atoms with E-state index in [9.17, 15) is 8.42 Å². The number of fused-ring (bicyclic) bond motifs is 3. The average molecular weight is 323 g/mol. The van der Waals surface area contributed by atoms with E-state index in [4.69, 9.17) is 0 Å². The Morgan fingerprint density at radius 2 is 1.65 bits per heavy atom. The first-order chi connectivity index (χ1) is 11.1. The van der Waals surface area contributed by atoms with Crippen LogP contribution in [0.1, 0.15) is 0 Å². The van der Waals surface area contributed by atoms with Crippen molar-refractivity contribution in [1.82, 2.24) is 9.97 Å². The zero-order chi connectivity index (χ0) is 16.0. The third kappa shape index (κ3) is 2.03. The molecule has 0 radical (unpaired) electrons. The summed E-state index contributed by atoms with van der Waals surface area (Å²) in [4.78, 5) is 8.92. The van der Waals surface area contributed by atoms with Gasteiger partial charge in [-0.1, -0.05) is 48.5 Å². The Morgan fingerprint density at radius 1 is 0.957 bits per heavy atom. The van der Waals surface area contributed by atoms with Crippen LogP contribution in [0.3, 0.4) is 0 Å². The van der Waals surface area contributed by atoms with E-state index in [1.807, 2.05) is 48.5 Å². The second kappa shape index (κ2) is 4.89. The number of sulfonamides is 1. The molecule has 2 heterocycles. The van der Waals surface area contributed by atoms with Gasteiger partial charge in [-0.15, -0.1) is 0 Å². The lowest BCUT2D eigenvalue weighted by atomic mass is 10.1. The maximum Gasteiger partial charge on any atom is 0.267 e. The Labute approximate surface area is 134 Å². The predicted octanol–water partition coefficient (Wildman–Crippen LogP) is 2.95. The molecule has 0 amide bonds. The van der Waals surface area contributed by atoms with Gasteiger partial charge in [-0.05, 0) is 6.07 Å². The Balaban J connectivity index is 2.02. The normalized spacial score (nSPS) is 14.9. The number of nitrogens with zero attached hydrogens (tertiary/aromatic N) is 3. The van der Waals surface area contributed by atoms with Crippen molar-refractivity contribution in [1.29, 1.82) is 0 Å². The van der Waals surface area contributed by atoms with Gasteiger partial charge in [0.25, 0.3) is 10.0 Å². The first kappa shape index (κ1) is 13.9. The Bertz CT molecular complexity index is 1000. The molecule has 1 aliphatic heterocycles. The second-order valence-corrected chi connectivity index (χ2v) is 7.20. The van der Waals surface area contributed by atoms with Gasteiger partial charge >= 0.3 is 0 Å². The lowest BCUT2D eigenvalue weighted by Crippen LogP contribution is -2.31. The number of rotatable bonds is 1. The molecule has 0 spiro atoms. The third-order valence-corrected chi connectivity index (χ3v) is 5.70. The van der Waals surface area contributed by atoms with Crippen LogP contribution in [0.5, 0.6) is 0 Å². The lowest BCUT2D eigenvalue weighted by Gasteiger charge is -2.28. The van der Waals surface area contributed by atoms with Crippen molar-refractivity contribution in [2.45, 2.75) is 4.90 Å². The van der Waals surface area contributed by atoms with Gasteiger partial charge in [0, 0.05) is 18.2 Å². The monoisotopic (exact) mass is 323 g/mol. The van der Waals surface area contributed by atoms with Crippen molar-refractivity contribution < 1.29 is 8.42 Å². The van der Waals surface area contributed by atoms with Crippen molar-refractivity contribution in [3.05, 3.63) is 60.8 Å². The molecule has 114 valence electrons. The number of aromatic nitrogens is 2. The third-order valence-electron chi connectivity index (χ3n) is 3.92. The molecule has 1 aromatic heterocycles. The van der Waals surface area contributed by atoms with Crippen LogP contribution in [0.15, 0.2) is 65.7 Å². The Morgan fingerprint density at radius 3 is 2.43 bits per heavy atom. The molecule has 0 saturated heterocycles. The summed E-state index contributed by atoms with van der Waals surface area (Å²) < 4.78 is 26.6. The zero-order valence-corrected chi connectivity index (χ0v) is 13.2. The smallest absolute Gasteiger partial charge is 0.267 e. The van der Waals surface area contributed by atoms with Gasteiger partial charge in [-0.25, -0.2) is 18.4 Å². The SMILES string of the molecule is CN1c2ccccc2-c2nc(-c3ccccc3)ncc2S1(=O)=O. The average Bonchev–Trinajstić information content (AvgIpc) is 2.60. The summed E-state index contributed by atoms with van der Waals surface area (Å²) in [6.45, 7) is 0. The molecule has 23 heavy (non-hydrogen) atoms. The molecule has 6 heteroatoms. The zero-order valence-electron chi connectivity index (χ0n) is 12.3. The largest absolute Gasteiger partial charge is 0.269 e. The Hall–Kier alpha value is -2.73. The van der Waals surface area contributed by atoms with Gasteiger partial charge in [0.15, 0.2) is 5.82 Å². The highest BCUT2D eigenvalue weighted by atomic mass is 32.2. The molecule has 4 rings (SSSR count). The summed E-state index contributed by atoms with van der Waals surface area (Å²) in [5.41, 5.74) is 2.72. The fourth-order valence-electron chi connectivity index (χ4n) is 2.70. The maximum absolute atomic E-state index is 12.7. The molecular formula is C17H13N3O2S. The van der Waals surface area contributed by atoms with Crippen LogP contribution in [-0.2, 0) is 10.0 Å². The summed E-state index contributed by atoms with van der Waals surface area (Å²) in [6.07, 6.45) is 1.40. The van der Waals surface area contributed by atoms with E-state index in [-0.39, 0.29) is 4.90 Å². The highest BCUT2D eigenvalue weighted by Crippen LogP contribution is 2.41. The van der Waals surface area contributed by atoms with E-state index < -0.39 is 10.0 Å². The van der Waals surface area contributed by atoms with E-state index in [2.05, 4.69) is 9.97 Å². The second-order valence-electron chi connectivity index (χ2n) is 5.26. The van der Waals surface area contributed by atoms with Crippen LogP contribution in [-0.4, -0.2) is 25.4 Å². The van der Waals surface area contributed by atoms with E-state index in [0.717, 1.165) is 11.1 Å². The van der Waals surface area contributed by atoms with Crippen molar-refractivity contribution in [3.8, 4) is 22.6 Å². The lowest BCUT2D eigenvalue weighted by molar-refractivity contribution is 0.593.